The van der Waals surface area contributed by atoms with E-state index in [4.69, 9.17) is 22.4 Å². The minimum atomic E-state index is -0.128. The third-order valence-electron chi connectivity index (χ3n) is 2.72. The molecule has 0 aliphatic carbocycles. The molecule has 0 radical (unpaired) electrons. The van der Waals surface area contributed by atoms with Gasteiger partial charge in [0.25, 0.3) is 5.91 Å². The molecule has 1 rings (SSSR count). The standard InChI is InChI=1S/C13H19ClN2O2/c1-16(7-3-2-4-8-17)13(18)11-9-10(15)5-6-12(11)14/h5-6,9,17H,2-4,7-8,15H2,1H3. The van der Waals surface area contributed by atoms with Gasteiger partial charge in [0.15, 0.2) is 0 Å². The highest BCUT2D eigenvalue weighted by molar-refractivity contribution is 6.33. The maximum absolute atomic E-state index is 12.1. The largest absolute Gasteiger partial charge is 0.399 e. The number of aliphatic hydroxyl groups is 1. The quantitative estimate of drug-likeness (QED) is 0.615. The van der Waals surface area contributed by atoms with E-state index in [0.717, 1.165) is 19.3 Å². The molecule has 0 aliphatic heterocycles. The van der Waals surface area contributed by atoms with Gasteiger partial charge in [-0.25, -0.2) is 0 Å². The van der Waals surface area contributed by atoms with E-state index in [1.807, 2.05) is 0 Å². The lowest BCUT2D eigenvalue weighted by molar-refractivity contribution is 0.0792. The maximum Gasteiger partial charge on any atom is 0.255 e. The highest BCUT2D eigenvalue weighted by atomic mass is 35.5. The number of nitrogens with zero attached hydrogens (tertiary/aromatic N) is 1. The Morgan fingerprint density at radius 3 is 2.78 bits per heavy atom. The number of benzene rings is 1. The third-order valence-corrected chi connectivity index (χ3v) is 3.05. The summed E-state index contributed by atoms with van der Waals surface area (Å²) in [5.74, 6) is -0.128. The summed E-state index contributed by atoms with van der Waals surface area (Å²) in [7, 11) is 1.74. The van der Waals surface area contributed by atoms with Gasteiger partial charge in [-0.1, -0.05) is 11.6 Å². The molecule has 0 saturated carbocycles. The Kier molecular flexibility index (Phi) is 5.95. The van der Waals surface area contributed by atoms with Crippen LogP contribution in [0.25, 0.3) is 0 Å². The highest BCUT2D eigenvalue weighted by Crippen LogP contribution is 2.20. The molecule has 1 amide bonds. The van der Waals surface area contributed by atoms with Crippen LogP contribution in [0.4, 0.5) is 5.69 Å². The van der Waals surface area contributed by atoms with E-state index >= 15 is 0 Å². The second kappa shape index (κ2) is 7.24. The molecule has 18 heavy (non-hydrogen) atoms. The molecule has 0 bridgehead atoms. The number of hydrogen-bond donors (Lipinski definition) is 2. The molecule has 3 N–H and O–H groups in total. The normalized spacial score (nSPS) is 10.4. The van der Waals surface area contributed by atoms with E-state index in [-0.39, 0.29) is 12.5 Å². The van der Waals surface area contributed by atoms with Crippen LogP contribution >= 0.6 is 11.6 Å². The van der Waals surface area contributed by atoms with Crippen LogP contribution in [-0.4, -0.2) is 36.1 Å². The van der Waals surface area contributed by atoms with Crippen molar-refractivity contribution < 1.29 is 9.90 Å². The van der Waals surface area contributed by atoms with Crippen molar-refractivity contribution in [2.75, 3.05) is 25.9 Å². The number of anilines is 1. The molecule has 5 heteroatoms. The summed E-state index contributed by atoms with van der Waals surface area (Å²) in [5.41, 5.74) is 6.60. The van der Waals surface area contributed by atoms with E-state index < -0.39 is 0 Å². The van der Waals surface area contributed by atoms with Gasteiger partial charge in [0.05, 0.1) is 10.6 Å². The van der Waals surface area contributed by atoms with Gasteiger partial charge in [-0.05, 0) is 37.5 Å². The first-order valence-electron chi connectivity index (χ1n) is 5.97. The lowest BCUT2D eigenvalue weighted by atomic mass is 10.1. The molecule has 0 spiro atoms. The second-order valence-corrected chi connectivity index (χ2v) is 4.66. The van der Waals surface area contributed by atoms with Gasteiger partial charge in [-0.2, -0.15) is 0 Å². The lowest BCUT2D eigenvalue weighted by Gasteiger charge is -2.18. The van der Waals surface area contributed by atoms with Crippen molar-refractivity contribution in [1.29, 1.82) is 0 Å². The van der Waals surface area contributed by atoms with Crippen molar-refractivity contribution >= 4 is 23.2 Å². The minimum absolute atomic E-state index is 0.128. The summed E-state index contributed by atoms with van der Waals surface area (Å²) in [5, 5.41) is 9.09. The third kappa shape index (κ3) is 4.20. The molecule has 100 valence electrons. The number of nitrogen functional groups attached to an aromatic ring is 1. The Morgan fingerprint density at radius 1 is 1.39 bits per heavy atom. The van der Waals surface area contributed by atoms with Gasteiger partial charge in [0.1, 0.15) is 0 Å². The number of rotatable bonds is 6. The van der Waals surface area contributed by atoms with Crippen LogP contribution in [0.3, 0.4) is 0 Å². The Bertz CT molecular complexity index is 410. The van der Waals surface area contributed by atoms with Gasteiger partial charge in [-0.3, -0.25) is 4.79 Å². The van der Waals surface area contributed by atoms with E-state index in [2.05, 4.69) is 0 Å². The van der Waals surface area contributed by atoms with Crippen LogP contribution in [0.2, 0.25) is 5.02 Å². The van der Waals surface area contributed by atoms with Crippen LogP contribution in [0, 0.1) is 0 Å². The Morgan fingerprint density at radius 2 is 2.11 bits per heavy atom. The summed E-state index contributed by atoms with van der Waals surface area (Å²) in [6.07, 6.45) is 2.53. The van der Waals surface area contributed by atoms with E-state index in [1.54, 1.807) is 30.1 Å². The first-order valence-corrected chi connectivity index (χ1v) is 6.35. The van der Waals surface area contributed by atoms with Crippen molar-refractivity contribution in [3.05, 3.63) is 28.8 Å². The number of unbranched alkanes of at least 4 members (excludes halogenated alkanes) is 2. The lowest BCUT2D eigenvalue weighted by Crippen LogP contribution is -2.28. The zero-order valence-corrected chi connectivity index (χ0v) is 11.3. The summed E-state index contributed by atoms with van der Waals surface area (Å²) < 4.78 is 0. The molecule has 0 fully saturated rings. The SMILES string of the molecule is CN(CCCCCO)C(=O)c1cc(N)ccc1Cl. The summed E-state index contributed by atoms with van der Waals surface area (Å²) >= 11 is 5.98. The van der Waals surface area contributed by atoms with Gasteiger partial charge < -0.3 is 15.7 Å². The number of amides is 1. The Hall–Kier alpha value is -1.26. The monoisotopic (exact) mass is 270 g/mol. The molecule has 0 saturated heterocycles. The molecule has 1 aromatic rings. The molecule has 0 atom stereocenters. The fraction of sp³-hybridized carbons (Fsp3) is 0.462. The Labute approximate surface area is 112 Å². The van der Waals surface area contributed by atoms with Crippen molar-refractivity contribution in [1.82, 2.24) is 4.90 Å². The highest BCUT2D eigenvalue weighted by Gasteiger charge is 2.14. The summed E-state index contributed by atoms with van der Waals surface area (Å²) in [4.78, 5) is 13.7. The molecule has 0 aliphatic rings. The summed E-state index contributed by atoms with van der Waals surface area (Å²) in [6.45, 7) is 0.836. The van der Waals surface area contributed by atoms with Gasteiger partial charge >= 0.3 is 0 Å². The number of hydrogen-bond acceptors (Lipinski definition) is 3. The smallest absolute Gasteiger partial charge is 0.255 e. The molecule has 1 aromatic carbocycles. The van der Waals surface area contributed by atoms with Gasteiger partial charge in [0, 0.05) is 25.9 Å². The average Bonchev–Trinajstić information content (AvgIpc) is 2.36. The first kappa shape index (κ1) is 14.8. The van der Waals surface area contributed by atoms with E-state index in [1.165, 1.54) is 0 Å². The number of carbonyl (C=O) groups is 1. The van der Waals surface area contributed by atoms with Crippen LogP contribution in [0.5, 0.6) is 0 Å². The molecular weight excluding hydrogens is 252 g/mol. The number of carbonyl (C=O) groups excluding carboxylic acids is 1. The van der Waals surface area contributed by atoms with Crippen molar-refractivity contribution in [2.45, 2.75) is 19.3 Å². The maximum atomic E-state index is 12.1. The number of halogens is 1. The minimum Gasteiger partial charge on any atom is -0.399 e. The molecule has 0 aromatic heterocycles. The number of nitrogens with two attached hydrogens (primary N) is 1. The van der Waals surface area contributed by atoms with Crippen molar-refractivity contribution in [2.24, 2.45) is 0 Å². The zero-order valence-electron chi connectivity index (χ0n) is 10.5. The van der Waals surface area contributed by atoms with Gasteiger partial charge in [-0.15, -0.1) is 0 Å². The van der Waals surface area contributed by atoms with Crippen molar-refractivity contribution in [3.8, 4) is 0 Å². The molecule has 4 nitrogen and oxygen atoms in total. The van der Waals surface area contributed by atoms with Crippen LogP contribution in [0.15, 0.2) is 18.2 Å². The van der Waals surface area contributed by atoms with E-state index in [0.29, 0.717) is 22.8 Å². The van der Waals surface area contributed by atoms with Gasteiger partial charge in [0.2, 0.25) is 0 Å². The fourth-order valence-corrected chi connectivity index (χ4v) is 1.85. The zero-order chi connectivity index (χ0) is 13.5. The van der Waals surface area contributed by atoms with Crippen LogP contribution < -0.4 is 5.73 Å². The Balaban J connectivity index is 2.60. The summed E-state index contributed by atoms with van der Waals surface area (Å²) in [6, 6.07) is 4.89. The topological polar surface area (TPSA) is 66.6 Å². The molecule has 0 heterocycles. The van der Waals surface area contributed by atoms with Crippen LogP contribution in [-0.2, 0) is 0 Å². The number of aliphatic hydroxyl groups excluding tert-OH is 1. The second-order valence-electron chi connectivity index (χ2n) is 4.25. The van der Waals surface area contributed by atoms with E-state index in [9.17, 15) is 4.79 Å². The predicted molar refractivity (Wildman–Crippen MR) is 73.8 cm³/mol. The average molecular weight is 271 g/mol. The predicted octanol–water partition coefficient (Wildman–Crippen LogP) is 2.16. The first-order chi connectivity index (χ1) is 8.56. The fourth-order valence-electron chi connectivity index (χ4n) is 1.65. The molecule has 0 unspecified atom stereocenters. The molecular formula is C13H19ClN2O2. The van der Waals surface area contributed by atoms with Crippen molar-refractivity contribution in [3.63, 3.8) is 0 Å². The van der Waals surface area contributed by atoms with Crippen LogP contribution in [0.1, 0.15) is 29.6 Å².